The summed E-state index contributed by atoms with van der Waals surface area (Å²) in [5, 5.41) is 0. The van der Waals surface area contributed by atoms with Crippen molar-refractivity contribution in [2.45, 2.75) is 32.9 Å². The van der Waals surface area contributed by atoms with Gasteiger partial charge < -0.3 is 10.3 Å². The summed E-state index contributed by atoms with van der Waals surface area (Å²) < 4.78 is 3.31. The van der Waals surface area contributed by atoms with Crippen LogP contribution in [0, 0.1) is 0 Å². The van der Waals surface area contributed by atoms with Gasteiger partial charge in [-0.05, 0) is 23.6 Å². The molecular formula is C14H18BrN3. The molecule has 1 aromatic heterocycles. The van der Waals surface area contributed by atoms with Crippen LogP contribution in [0.2, 0.25) is 0 Å². The number of aromatic nitrogens is 2. The Kier molecular flexibility index (Phi) is 4.55. The molecule has 0 bridgehead atoms. The number of nitrogens with zero attached hydrogens (tertiary/aromatic N) is 2. The number of aryl methyl sites for hydroxylation is 1. The fraction of sp³-hybridized carbons (Fsp3) is 0.357. The van der Waals surface area contributed by atoms with Crippen LogP contribution in [-0.2, 0) is 19.5 Å². The predicted octanol–water partition coefficient (Wildman–Crippen LogP) is 3.11. The predicted molar refractivity (Wildman–Crippen MR) is 77.4 cm³/mol. The molecule has 1 heterocycles. The SMILES string of the molecule is CCCc1nccn1Cc1ccc(CN)cc1Br. The van der Waals surface area contributed by atoms with Crippen LogP contribution in [0.5, 0.6) is 0 Å². The third kappa shape index (κ3) is 3.00. The van der Waals surface area contributed by atoms with Crippen molar-refractivity contribution in [3.05, 3.63) is 52.0 Å². The number of nitrogens with two attached hydrogens (primary N) is 1. The highest BCUT2D eigenvalue weighted by Crippen LogP contribution is 2.20. The van der Waals surface area contributed by atoms with Crippen molar-refractivity contribution in [2.75, 3.05) is 0 Å². The second-order valence-electron chi connectivity index (χ2n) is 4.35. The standard InChI is InChI=1S/C14H18BrN3/c1-2-3-14-17-6-7-18(14)10-12-5-4-11(9-16)8-13(12)15/h4-8H,2-3,9-10,16H2,1H3. The first-order valence-corrected chi connectivity index (χ1v) is 7.01. The van der Waals surface area contributed by atoms with Crippen LogP contribution in [-0.4, -0.2) is 9.55 Å². The first-order valence-electron chi connectivity index (χ1n) is 6.22. The van der Waals surface area contributed by atoms with Gasteiger partial charge in [0.2, 0.25) is 0 Å². The van der Waals surface area contributed by atoms with E-state index in [0.717, 1.165) is 35.2 Å². The van der Waals surface area contributed by atoms with E-state index in [9.17, 15) is 0 Å². The summed E-state index contributed by atoms with van der Waals surface area (Å²) in [7, 11) is 0. The van der Waals surface area contributed by atoms with Crippen LogP contribution < -0.4 is 5.73 Å². The molecule has 1 aromatic carbocycles. The highest BCUT2D eigenvalue weighted by atomic mass is 79.9. The van der Waals surface area contributed by atoms with Crippen molar-refractivity contribution >= 4 is 15.9 Å². The van der Waals surface area contributed by atoms with Gasteiger partial charge in [0.05, 0.1) is 0 Å². The van der Waals surface area contributed by atoms with Crippen molar-refractivity contribution in [1.82, 2.24) is 9.55 Å². The summed E-state index contributed by atoms with van der Waals surface area (Å²) in [6.45, 7) is 3.59. The number of imidazole rings is 1. The molecule has 0 unspecified atom stereocenters. The first-order chi connectivity index (χ1) is 8.74. The Morgan fingerprint density at radius 2 is 2.22 bits per heavy atom. The van der Waals surface area contributed by atoms with Gasteiger partial charge in [0, 0.05) is 36.4 Å². The monoisotopic (exact) mass is 307 g/mol. The lowest BCUT2D eigenvalue weighted by Gasteiger charge is -2.10. The first kappa shape index (κ1) is 13.3. The van der Waals surface area contributed by atoms with Crippen LogP contribution in [0.25, 0.3) is 0 Å². The highest BCUT2D eigenvalue weighted by molar-refractivity contribution is 9.10. The lowest BCUT2D eigenvalue weighted by molar-refractivity contribution is 0.703. The van der Waals surface area contributed by atoms with Gasteiger partial charge in [-0.15, -0.1) is 0 Å². The molecule has 0 aliphatic rings. The third-order valence-corrected chi connectivity index (χ3v) is 3.71. The van der Waals surface area contributed by atoms with E-state index < -0.39 is 0 Å². The van der Waals surface area contributed by atoms with Crippen molar-refractivity contribution in [2.24, 2.45) is 5.73 Å². The molecule has 18 heavy (non-hydrogen) atoms. The van der Waals surface area contributed by atoms with Crippen molar-refractivity contribution in [1.29, 1.82) is 0 Å². The maximum atomic E-state index is 5.63. The minimum atomic E-state index is 0.574. The largest absolute Gasteiger partial charge is 0.330 e. The zero-order chi connectivity index (χ0) is 13.0. The quantitative estimate of drug-likeness (QED) is 0.922. The number of rotatable bonds is 5. The molecule has 2 aromatic rings. The molecule has 0 aliphatic heterocycles. The molecule has 96 valence electrons. The molecule has 0 spiro atoms. The van der Waals surface area contributed by atoms with Gasteiger partial charge in [0.1, 0.15) is 5.82 Å². The summed E-state index contributed by atoms with van der Waals surface area (Å²) in [5.41, 5.74) is 8.03. The minimum absolute atomic E-state index is 0.574. The van der Waals surface area contributed by atoms with Crippen LogP contribution in [0.3, 0.4) is 0 Å². The van der Waals surface area contributed by atoms with Gasteiger partial charge in [0.15, 0.2) is 0 Å². The van der Waals surface area contributed by atoms with Crippen molar-refractivity contribution < 1.29 is 0 Å². The second kappa shape index (κ2) is 6.16. The molecule has 2 N–H and O–H groups in total. The average molecular weight is 308 g/mol. The molecule has 0 atom stereocenters. The molecule has 0 radical (unpaired) electrons. The summed E-state index contributed by atoms with van der Waals surface area (Å²) in [6, 6.07) is 6.30. The number of halogens is 1. The van der Waals surface area contributed by atoms with Gasteiger partial charge in [-0.25, -0.2) is 4.98 Å². The lowest BCUT2D eigenvalue weighted by Crippen LogP contribution is -2.05. The zero-order valence-electron chi connectivity index (χ0n) is 10.6. The fourth-order valence-corrected chi connectivity index (χ4v) is 2.52. The molecule has 0 aliphatic carbocycles. The molecule has 0 saturated carbocycles. The van der Waals surface area contributed by atoms with E-state index in [4.69, 9.17) is 5.73 Å². The molecule has 3 nitrogen and oxygen atoms in total. The Bertz CT molecular complexity index is 520. The van der Waals surface area contributed by atoms with Gasteiger partial charge in [0.25, 0.3) is 0 Å². The highest BCUT2D eigenvalue weighted by Gasteiger charge is 2.05. The summed E-state index contributed by atoms with van der Waals surface area (Å²) in [6.07, 6.45) is 6.04. The molecule has 0 saturated heterocycles. The van der Waals surface area contributed by atoms with Gasteiger partial charge in [-0.1, -0.05) is 35.0 Å². The third-order valence-electron chi connectivity index (χ3n) is 2.97. The van der Waals surface area contributed by atoms with E-state index in [-0.39, 0.29) is 0 Å². The van der Waals surface area contributed by atoms with Crippen molar-refractivity contribution in [3.8, 4) is 0 Å². The lowest BCUT2D eigenvalue weighted by atomic mass is 10.1. The van der Waals surface area contributed by atoms with Crippen LogP contribution in [0.4, 0.5) is 0 Å². The van der Waals surface area contributed by atoms with Gasteiger partial charge in [-0.3, -0.25) is 0 Å². The molecule has 0 fully saturated rings. The Morgan fingerprint density at radius 3 is 2.89 bits per heavy atom. The van der Waals surface area contributed by atoms with E-state index in [1.54, 1.807) is 0 Å². The second-order valence-corrected chi connectivity index (χ2v) is 5.21. The fourth-order valence-electron chi connectivity index (χ4n) is 1.97. The van der Waals surface area contributed by atoms with E-state index in [1.165, 1.54) is 5.56 Å². The molecular weight excluding hydrogens is 290 g/mol. The zero-order valence-corrected chi connectivity index (χ0v) is 12.2. The summed E-state index contributed by atoms with van der Waals surface area (Å²) in [5.74, 6) is 1.15. The summed E-state index contributed by atoms with van der Waals surface area (Å²) >= 11 is 3.61. The van der Waals surface area contributed by atoms with Gasteiger partial charge in [-0.2, -0.15) is 0 Å². The van der Waals surface area contributed by atoms with Crippen LogP contribution in [0.1, 0.15) is 30.3 Å². The van der Waals surface area contributed by atoms with Crippen LogP contribution >= 0.6 is 15.9 Å². The summed E-state index contributed by atoms with van der Waals surface area (Å²) in [4.78, 5) is 4.39. The smallest absolute Gasteiger partial charge is 0.108 e. The van der Waals surface area contributed by atoms with E-state index in [2.05, 4.69) is 50.6 Å². The Morgan fingerprint density at radius 1 is 1.39 bits per heavy atom. The Hall–Kier alpha value is -1.13. The number of benzene rings is 1. The van der Waals surface area contributed by atoms with Crippen LogP contribution in [0.15, 0.2) is 35.1 Å². The van der Waals surface area contributed by atoms with E-state index in [1.807, 2.05) is 12.4 Å². The van der Waals surface area contributed by atoms with E-state index in [0.29, 0.717) is 6.54 Å². The minimum Gasteiger partial charge on any atom is -0.330 e. The van der Waals surface area contributed by atoms with Gasteiger partial charge >= 0.3 is 0 Å². The molecule has 4 heteroatoms. The van der Waals surface area contributed by atoms with Crippen molar-refractivity contribution in [3.63, 3.8) is 0 Å². The topological polar surface area (TPSA) is 43.8 Å². The molecule has 2 rings (SSSR count). The Labute approximate surface area is 116 Å². The van der Waals surface area contributed by atoms with E-state index >= 15 is 0 Å². The number of hydrogen-bond acceptors (Lipinski definition) is 2. The average Bonchev–Trinajstić information content (AvgIpc) is 2.80. The maximum Gasteiger partial charge on any atom is 0.108 e. The normalized spacial score (nSPS) is 10.8. The Balaban J connectivity index is 2.20. The maximum absolute atomic E-state index is 5.63. The molecule has 0 amide bonds. The number of hydrogen-bond donors (Lipinski definition) is 1.